The Morgan fingerprint density at radius 1 is 1.18 bits per heavy atom. The lowest BCUT2D eigenvalue weighted by Crippen LogP contribution is -2.47. The summed E-state index contributed by atoms with van der Waals surface area (Å²) in [5, 5.41) is 4.20. The van der Waals surface area contributed by atoms with E-state index in [1.165, 1.54) is 0 Å². The number of para-hydroxylation sites is 1. The minimum absolute atomic E-state index is 0.0827. The van der Waals surface area contributed by atoms with Crippen LogP contribution in [0.25, 0.3) is 10.9 Å². The van der Waals surface area contributed by atoms with Crippen LogP contribution in [0, 0.1) is 6.92 Å². The maximum Gasteiger partial charge on any atom is 0.255 e. The Hall–Kier alpha value is -2.54. The Kier molecular flexibility index (Phi) is 5.52. The van der Waals surface area contributed by atoms with Crippen LogP contribution in [0.2, 0.25) is 0 Å². The van der Waals surface area contributed by atoms with Gasteiger partial charge in [-0.1, -0.05) is 18.2 Å². The normalized spacial score (nSPS) is 16.9. The number of hydrogen-bond donors (Lipinski definition) is 1. The molecular formula is C21H22BrN5O. The lowest BCUT2D eigenvalue weighted by Gasteiger charge is -2.36. The molecule has 2 aromatic heterocycles. The van der Waals surface area contributed by atoms with Gasteiger partial charge >= 0.3 is 0 Å². The minimum Gasteiger partial charge on any atom is -0.352 e. The summed E-state index contributed by atoms with van der Waals surface area (Å²) in [6.45, 7) is 3.36. The summed E-state index contributed by atoms with van der Waals surface area (Å²) in [4.78, 5) is 28.5. The molecule has 1 aliphatic heterocycles. The molecule has 3 aromatic rings. The van der Waals surface area contributed by atoms with Crippen molar-refractivity contribution in [2.24, 2.45) is 0 Å². The smallest absolute Gasteiger partial charge is 0.255 e. The van der Waals surface area contributed by atoms with E-state index in [-0.39, 0.29) is 11.9 Å². The zero-order valence-electron chi connectivity index (χ0n) is 15.7. The van der Waals surface area contributed by atoms with Gasteiger partial charge in [0.2, 0.25) is 5.95 Å². The maximum absolute atomic E-state index is 13.5. The number of aromatic nitrogens is 3. The molecule has 1 N–H and O–H groups in total. The number of likely N-dealkylation sites (tertiary alicyclic amines) is 1. The maximum atomic E-state index is 13.5. The van der Waals surface area contributed by atoms with E-state index < -0.39 is 0 Å². The van der Waals surface area contributed by atoms with Gasteiger partial charge in [0.15, 0.2) is 0 Å². The molecule has 3 heterocycles. The molecule has 1 amide bonds. The van der Waals surface area contributed by atoms with Crippen LogP contribution < -0.4 is 5.32 Å². The Balaban J connectivity index is 1.58. The van der Waals surface area contributed by atoms with Crippen molar-refractivity contribution in [2.75, 3.05) is 18.4 Å². The molecule has 0 spiro atoms. The van der Waals surface area contributed by atoms with E-state index in [2.05, 4.69) is 36.2 Å². The van der Waals surface area contributed by atoms with Crippen LogP contribution in [-0.4, -0.2) is 44.9 Å². The van der Waals surface area contributed by atoms with Crippen LogP contribution in [-0.2, 0) is 0 Å². The average molecular weight is 440 g/mol. The van der Waals surface area contributed by atoms with Crippen molar-refractivity contribution in [1.29, 1.82) is 0 Å². The number of hydrogen-bond acceptors (Lipinski definition) is 5. The summed E-state index contributed by atoms with van der Waals surface area (Å²) in [6, 6.07) is 7.95. The fourth-order valence-electron chi connectivity index (χ4n) is 3.76. The Bertz CT molecular complexity index is 992. The van der Waals surface area contributed by atoms with Crippen LogP contribution in [0.15, 0.2) is 47.3 Å². The number of fused-ring (bicyclic) bond motifs is 1. The molecule has 0 saturated carbocycles. The molecule has 1 aliphatic rings. The number of nitrogens with zero attached hydrogens (tertiary/aromatic N) is 4. The van der Waals surface area contributed by atoms with Crippen LogP contribution in [0.3, 0.4) is 0 Å². The topological polar surface area (TPSA) is 71.0 Å². The number of aryl methyl sites for hydroxylation is 1. The molecule has 28 heavy (non-hydrogen) atoms. The van der Waals surface area contributed by atoms with E-state index in [0.717, 1.165) is 52.3 Å². The molecule has 1 aromatic carbocycles. The summed E-state index contributed by atoms with van der Waals surface area (Å²) in [5.41, 5.74) is 2.53. The standard InChI is InChI=1S/C21H22BrN5O/c1-14-10-23-18-8-3-2-7-17(18)19(14)20(28)27-9-5-4-6-16(27)13-26-21-24-11-15(22)12-25-21/h2-3,7-8,10-12,16H,4-6,9,13H2,1H3,(H,24,25,26). The van der Waals surface area contributed by atoms with E-state index >= 15 is 0 Å². The minimum atomic E-state index is 0.0827. The van der Waals surface area contributed by atoms with Crippen molar-refractivity contribution in [2.45, 2.75) is 32.2 Å². The molecule has 4 rings (SSSR count). The molecule has 144 valence electrons. The third kappa shape index (κ3) is 3.85. The number of rotatable bonds is 4. The van der Waals surface area contributed by atoms with Gasteiger partial charge in [-0.3, -0.25) is 9.78 Å². The summed E-state index contributed by atoms with van der Waals surface area (Å²) >= 11 is 3.34. The second kappa shape index (κ2) is 8.22. The fourth-order valence-corrected chi connectivity index (χ4v) is 3.97. The molecule has 1 fully saturated rings. The quantitative estimate of drug-likeness (QED) is 0.659. The van der Waals surface area contributed by atoms with Crippen molar-refractivity contribution in [3.8, 4) is 0 Å². The van der Waals surface area contributed by atoms with Crippen LogP contribution in [0.4, 0.5) is 5.95 Å². The number of benzene rings is 1. The number of nitrogens with one attached hydrogen (secondary N) is 1. The van der Waals surface area contributed by atoms with Crippen LogP contribution in [0.1, 0.15) is 35.2 Å². The summed E-state index contributed by atoms with van der Waals surface area (Å²) in [5.74, 6) is 0.658. The van der Waals surface area contributed by atoms with Gasteiger partial charge < -0.3 is 10.2 Å². The third-order valence-corrected chi connectivity index (χ3v) is 5.59. The average Bonchev–Trinajstić information content (AvgIpc) is 2.73. The van der Waals surface area contributed by atoms with E-state index in [1.54, 1.807) is 18.6 Å². The van der Waals surface area contributed by atoms with E-state index in [0.29, 0.717) is 12.5 Å². The van der Waals surface area contributed by atoms with Gasteiger partial charge in [-0.25, -0.2) is 9.97 Å². The van der Waals surface area contributed by atoms with Gasteiger partial charge in [-0.15, -0.1) is 0 Å². The first-order chi connectivity index (χ1) is 13.6. The highest BCUT2D eigenvalue weighted by Crippen LogP contribution is 2.26. The predicted molar refractivity (Wildman–Crippen MR) is 113 cm³/mol. The predicted octanol–water partition coefficient (Wildman–Crippen LogP) is 4.20. The summed E-state index contributed by atoms with van der Waals surface area (Å²) < 4.78 is 0.840. The lowest BCUT2D eigenvalue weighted by atomic mass is 9.98. The van der Waals surface area contributed by atoms with Gasteiger partial charge in [0.1, 0.15) is 0 Å². The van der Waals surface area contributed by atoms with Gasteiger partial charge in [-0.2, -0.15) is 0 Å². The number of anilines is 1. The zero-order valence-corrected chi connectivity index (χ0v) is 17.3. The van der Waals surface area contributed by atoms with Gasteiger partial charge in [-0.05, 0) is 53.7 Å². The van der Waals surface area contributed by atoms with Crippen molar-refractivity contribution in [3.63, 3.8) is 0 Å². The molecule has 1 saturated heterocycles. The Morgan fingerprint density at radius 2 is 1.96 bits per heavy atom. The largest absolute Gasteiger partial charge is 0.352 e. The van der Waals surface area contributed by atoms with Crippen molar-refractivity contribution >= 4 is 38.7 Å². The highest BCUT2D eigenvalue weighted by atomic mass is 79.9. The van der Waals surface area contributed by atoms with E-state index in [4.69, 9.17) is 0 Å². The first kappa shape index (κ1) is 18.8. The van der Waals surface area contributed by atoms with Crippen molar-refractivity contribution in [1.82, 2.24) is 19.9 Å². The summed E-state index contributed by atoms with van der Waals surface area (Å²) in [6.07, 6.45) is 8.34. The molecule has 1 atom stereocenters. The third-order valence-electron chi connectivity index (χ3n) is 5.18. The second-order valence-corrected chi connectivity index (χ2v) is 8.00. The molecular weight excluding hydrogens is 418 g/mol. The monoisotopic (exact) mass is 439 g/mol. The van der Waals surface area contributed by atoms with Gasteiger partial charge in [0, 0.05) is 43.1 Å². The zero-order chi connectivity index (χ0) is 19.5. The fraction of sp³-hybridized carbons (Fsp3) is 0.333. The summed E-state index contributed by atoms with van der Waals surface area (Å²) in [7, 11) is 0. The molecule has 7 heteroatoms. The van der Waals surface area contributed by atoms with Gasteiger partial charge in [0.05, 0.1) is 15.6 Å². The van der Waals surface area contributed by atoms with Crippen molar-refractivity contribution in [3.05, 3.63) is 58.5 Å². The Morgan fingerprint density at radius 3 is 2.79 bits per heavy atom. The van der Waals surface area contributed by atoms with Crippen molar-refractivity contribution < 1.29 is 4.79 Å². The number of halogens is 1. The number of pyridine rings is 1. The molecule has 6 nitrogen and oxygen atoms in total. The highest BCUT2D eigenvalue weighted by Gasteiger charge is 2.29. The van der Waals surface area contributed by atoms with E-state index in [9.17, 15) is 4.79 Å². The number of amides is 1. The second-order valence-electron chi connectivity index (χ2n) is 7.09. The first-order valence-electron chi connectivity index (χ1n) is 9.50. The van der Waals surface area contributed by atoms with Crippen LogP contribution in [0.5, 0.6) is 0 Å². The lowest BCUT2D eigenvalue weighted by molar-refractivity contribution is 0.0629. The number of piperidine rings is 1. The van der Waals surface area contributed by atoms with E-state index in [1.807, 2.05) is 36.1 Å². The highest BCUT2D eigenvalue weighted by molar-refractivity contribution is 9.10. The molecule has 0 radical (unpaired) electrons. The number of carbonyl (C=O) groups is 1. The van der Waals surface area contributed by atoms with Gasteiger partial charge in [0.25, 0.3) is 5.91 Å². The SMILES string of the molecule is Cc1cnc2ccccc2c1C(=O)N1CCCCC1CNc1ncc(Br)cn1. The Labute approximate surface area is 172 Å². The molecule has 1 unspecified atom stereocenters. The van der Waals surface area contributed by atoms with Crippen LogP contribution >= 0.6 is 15.9 Å². The molecule has 0 bridgehead atoms. The number of carbonyl (C=O) groups excluding carboxylic acids is 1. The first-order valence-corrected chi connectivity index (χ1v) is 10.3. The molecule has 0 aliphatic carbocycles.